The molecule has 2 aromatic carbocycles. The van der Waals surface area contributed by atoms with Crippen LogP contribution < -0.4 is 4.72 Å². The van der Waals surface area contributed by atoms with E-state index in [1.54, 1.807) is 19.9 Å². The molecule has 28 heavy (non-hydrogen) atoms. The average molecular weight is 402 g/mol. The summed E-state index contributed by atoms with van der Waals surface area (Å²) >= 11 is 0. The highest BCUT2D eigenvalue weighted by Gasteiger charge is 2.31. The van der Waals surface area contributed by atoms with E-state index >= 15 is 0 Å². The van der Waals surface area contributed by atoms with Crippen LogP contribution in [0.3, 0.4) is 0 Å². The van der Waals surface area contributed by atoms with Crippen molar-refractivity contribution in [3.63, 3.8) is 0 Å². The van der Waals surface area contributed by atoms with E-state index in [2.05, 4.69) is 4.72 Å². The van der Waals surface area contributed by atoms with Crippen molar-refractivity contribution in [3.8, 4) is 17.2 Å². The van der Waals surface area contributed by atoms with Crippen molar-refractivity contribution < 1.29 is 17.5 Å². The van der Waals surface area contributed by atoms with Crippen LogP contribution in [0.4, 0.5) is 4.39 Å². The standard InChI is InChI=1S/C21H23FN2O3S/c1-14(2)28(25,26)24-21-9-10-27-13-20(21)16-5-3-15(4-6-16)19-8-7-18(22)11-17(19)12-23/h3-8,11,14,20-21,24H,9-10,13H2,1-2H3. The minimum Gasteiger partial charge on any atom is -0.381 e. The van der Waals surface area contributed by atoms with Gasteiger partial charge in [-0.25, -0.2) is 17.5 Å². The van der Waals surface area contributed by atoms with Crippen molar-refractivity contribution >= 4 is 10.0 Å². The van der Waals surface area contributed by atoms with Crippen LogP contribution in [0.25, 0.3) is 11.1 Å². The minimum atomic E-state index is -3.38. The molecule has 2 unspecified atom stereocenters. The minimum absolute atomic E-state index is 0.0972. The Balaban J connectivity index is 1.86. The Morgan fingerprint density at radius 1 is 1.21 bits per heavy atom. The van der Waals surface area contributed by atoms with E-state index in [4.69, 9.17) is 4.74 Å². The average Bonchev–Trinajstić information content (AvgIpc) is 2.68. The molecule has 2 aromatic rings. The summed E-state index contributed by atoms with van der Waals surface area (Å²) in [7, 11) is -3.38. The zero-order valence-corrected chi connectivity index (χ0v) is 16.7. The van der Waals surface area contributed by atoms with E-state index in [0.29, 0.717) is 25.2 Å². The second-order valence-electron chi connectivity index (χ2n) is 7.21. The number of nitriles is 1. The number of halogens is 1. The summed E-state index contributed by atoms with van der Waals surface area (Å²) in [6.07, 6.45) is 0.606. The van der Waals surface area contributed by atoms with Crippen molar-refractivity contribution in [2.24, 2.45) is 0 Å². The molecule has 0 saturated carbocycles. The highest BCUT2D eigenvalue weighted by Crippen LogP contribution is 2.30. The molecule has 1 fully saturated rings. The molecule has 0 radical (unpaired) electrons. The van der Waals surface area contributed by atoms with Crippen LogP contribution in [-0.4, -0.2) is 32.9 Å². The summed E-state index contributed by atoms with van der Waals surface area (Å²) in [5, 5.41) is 8.75. The lowest BCUT2D eigenvalue weighted by Crippen LogP contribution is -2.46. The van der Waals surface area contributed by atoms with Gasteiger partial charge in [0.15, 0.2) is 0 Å². The highest BCUT2D eigenvalue weighted by molar-refractivity contribution is 7.90. The fourth-order valence-electron chi connectivity index (χ4n) is 3.33. The Kier molecular flexibility index (Phi) is 6.14. The summed E-state index contributed by atoms with van der Waals surface area (Å²) in [5.74, 6) is -0.545. The van der Waals surface area contributed by atoms with Gasteiger partial charge in [-0.1, -0.05) is 30.3 Å². The van der Waals surface area contributed by atoms with Gasteiger partial charge >= 0.3 is 0 Å². The smallest absolute Gasteiger partial charge is 0.214 e. The number of hydrogen-bond donors (Lipinski definition) is 1. The third kappa shape index (κ3) is 4.41. The first-order valence-corrected chi connectivity index (χ1v) is 10.8. The lowest BCUT2D eigenvalue weighted by molar-refractivity contribution is 0.0653. The summed E-state index contributed by atoms with van der Waals surface area (Å²) in [4.78, 5) is 0. The predicted molar refractivity (Wildman–Crippen MR) is 106 cm³/mol. The summed E-state index contributed by atoms with van der Waals surface area (Å²) in [6, 6.07) is 13.5. The molecule has 0 spiro atoms. The van der Waals surface area contributed by atoms with E-state index < -0.39 is 21.1 Å². The molecular formula is C21H23FN2O3S. The van der Waals surface area contributed by atoms with Gasteiger partial charge < -0.3 is 4.74 Å². The number of sulfonamides is 1. The molecule has 1 aliphatic heterocycles. The maximum absolute atomic E-state index is 13.4. The molecule has 1 N–H and O–H groups in total. The topological polar surface area (TPSA) is 79.2 Å². The maximum atomic E-state index is 13.4. The molecule has 2 atom stereocenters. The molecule has 0 bridgehead atoms. The van der Waals surface area contributed by atoms with Crippen LogP contribution in [0.5, 0.6) is 0 Å². The second kappa shape index (κ2) is 8.39. The molecule has 7 heteroatoms. The monoisotopic (exact) mass is 402 g/mol. The van der Waals surface area contributed by atoms with Gasteiger partial charge in [-0.15, -0.1) is 0 Å². The van der Waals surface area contributed by atoms with Crippen molar-refractivity contribution in [3.05, 3.63) is 59.4 Å². The Morgan fingerprint density at radius 3 is 2.57 bits per heavy atom. The normalized spacial score (nSPS) is 20.1. The van der Waals surface area contributed by atoms with Gasteiger partial charge in [0, 0.05) is 18.6 Å². The third-order valence-electron chi connectivity index (χ3n) is 5.04. The summed E-state index contributed by atoms with van der Waals surface area (Å²) < 4.78 is 46.4. The number of nitrogens with zero attached hydrogens (tertiary/aromatic N) is 1. The molecule has 0 aliphatic carbocycles. The predicted octanol–water partition coefficient (Wildman–Crippen LogP) is 3.56. The van der Waals surface area contributed by atoms with E-state index in [0.717, 1.165) is 11.1 Å². The van der Waals surface area contributed by atoms with Crippen LogP contribution in [-0.2, 0) is 14.8 Å². The molecule has 3 rings (SSSR count). The molecule has 0 amide bonds. The number of hydrogen-bond acceptors (Lipinski definition) is 4. The van der Waals surface area contributed by atoms with Crippen LogP contribution in [0.15, 0.2) is 42.5 Å². The van der Waals surface area contributed by atoms with Gasteiger partial charge in [-0.05, 0) is 49.1 Å². The molecule has 1 aliphatic rings. The van der Waals surface area contributed by atoms with E-state index in [-0.39, 0.29) is 17.5 Å². The lowest BCUT2D eigenvalue weighted by Gasteiger charge is -2.33. The Labute approximate surface area is 165 Å². The number of rotatable bonds is 5. The van der Waals surface area contributed by atoms with Gasteiger partial charge in [0.2, 0.25) is 10.0 Å². The molecule has 148 valence electrons. The number of nitrogens with one attached hydrogen (secondary N) is 1. The van der Waals surface area contributed by atoms with Gasteiger partial charge in [0.25, 0.3) is 0 Å². The van der Waals surface area contributed by atoms with Gasteiger partial charge in [0.05, 0.1) is 23.5 Å². The third-order valence-corrected chi connectivity index (χ3v) is 6.92. The highest BCUT2D eigenvalue weighted by atomic mass is 32.2. The molecule has 0 aromatic heterocycles. The van der Waals surface area contributed by atoms with Crippen molar-refractivity contribution in [1.29, 1.82) is 5.26 Å². The van der Waals surface area contributed by atoms with Crippen molar-refractivity contribution in [2.45, 2.75) is 37.5 Å². The maximum Gasteiger partial charge on any atom is 0.214 e. The Bertz CT molecular complexity index is 982. The zero-order valence-electron chi connectivity index (χ0n) is 15.9. The van der Waals surface area contributed by atoms with Crippen LogP contribution >= 0.6 is 0 Å². The first-order chi connectivity index (χ1) is 13.3. The fraction of sp³-hybridized carbons (Fsp3) is 0.381. The fourth-order valence-corrected chi connectivity index (χ4v) is 4.30. The van der Waals surface area contributed by atoms with Gasteiger partial charge in [-0.2, -0.15) is 5.26 Å². The van der Waals surface area contributed by atoms with E-state index in [1.807, 2.05) is 30.3 Å². The van der Waals surface area contributed by atoms with E-state index in [9.17, 15) is 18.1 Å². The Hall–Kier alpha value is -2.27. The van der Waals surface area contributed by atoms with Crippen LogP contribution in [0, 0.1) is 17.1 Å². The summed E-state index contributed by atoms with van der Waals surface area (Å²) in [6.45, 7) is 4.26. The van der Waals surface area contributed by atoms with Crippen molar-refractivity contribution in [2.75, 3.05) is 13.2 Å². The van der Waals surface area contributed by atoms with Crippen molar-refractivity contribution in [1.82, 2.24) is 4.72 Å². The molecule has 1 saturated heterocycles. The second-order valence-corrected chi connectivity index (χ2v) is 9.48. The molecule has 5 nitrogen and oxygen atoms in total. The van der Waals surface area contributed by atoms with E-state index in [1.165, 1.54) is 12.1 Å². The Morgan fingerprint density at radius 2 is 1.93 bits per heavy atom. The van der Waals surface area contributed by atoms with Crippen LogP contribution in [0.2, 0.25) is 0 Å². The van der Waals surface area contributed by atoms with Gasteiger partial charge in [-0.3, -0.25) is 0 Å². The van der Waals surface area contributed by atoms with Crippen LogP contribution in [0.1, 0.15) is 37.3 Å². The first-order valence-electron chi connectivity index (χ1n) is 9.20. The SMILES string of the molecule is CC(C)S(=O)(=O)NC1CCOCC1c1ccc(-c2ccc(F)cc2C#N)cc1. The number of benzene rings is 2. The molecular weight excluding hydrogens is 379 g/mol. The zero-order chi connectivity index (χ0) is 20.3. The first kappa shape index (κ1) is 20.5. The lowest BCUT2D eigenvalue weighted by atomic mass is 9.88. The largest absolute Gasteiger partial charge is 0.381 e. The number of ether oxygens (including phenoxy) is 1. The molecule has 1 heterocycles. The van der Waals surface area contributed by atoms with Gasteiger partial charge in [0.1, 0.15) is 5.82 Å². The summed E-state index contributed by atoms with van der Waals surface area (Å²) in [5.41, 5.74) is 2.69. The quantitative estimate of drug-likeness (QED) is 0.829.